The molecule has 0 N–H and O–H groups in total. The second kappa shape index (κ2) is 6.58. The second-order valence-electron chi connectivity index (χ2n) is 5.87. The number of carbonyl (C=O) groups excluding carboxylic acids is 1. The van der Waals surface area contributed by atoms with Crippen molar-refractivity contribution < 1.29 is 4.79 Å². The van der Waals surface area contributed by atoms with Gasteiger partial charge in [0.05, 0.1) is 11.3 Å². The maximum absolute atomic E-state index is 12.5. The molecule has 0 aliphatic carbocycles. The molecule has 1 aliphatic heterocycles. The van der Waals surface area contributed by atoms with Gasteiger partial charge >= 0.3 is 0 Å². The predicted octanol–water partition coefficient (Wildman–Crippen LogP) is 2.72. The van der Waals surface area contributed by atoms with Crippen LogP contribution in [-0.2, 0) is 6.54 Å². The summed E-state index contributed by atoms with van der Waals surface area (Å²) in [7, 11) is 0. The summed E-state index contributed by atoms with van der Waals surface area (Å²) in [5.41, 5.74) is 4.25. The maximum atomic E-state index is 12.5. The van der Waals surface area contributed by atoms with Crippen LogP contribution in [0, 0.1) is 13.8 Å². The van der Waals surface area contributed by atoms with Gasteiger partial charge in [-0.1, -0.05) is 29.8 Å². The number of carbonyl (C=O) groups is 1. The summed E-state index contributed by atoms with van der Waals surface area (Å²) in [6, 6.07) is 8.64. The molecule has 1 amide bonds. The highest BCUT2D eigenvalue weighted by Crippen LogP contribution is 2.15. The van der Waals surface area contributed by atoms with E-state index >= 15 is 0 Å². The van der Waals surface area contributed by atoms with Crippen molar-refractivity contribution in [1.29, 1.82) is 0 Å². The van der Waals surface area contributed by atoms with Crippen LogP contribution in [-0.4, -0.2) is 46.3 Å². The molecule has 5 heteroatoms. The first-order valence-corrected chi connectivity index (χ1v) is 8.45. The summed E-state index contributed by atoms with van der Waals surface area (Å²) in [5.74, 6) is 0.126. The van der Waals surface area contributed by atoms with Crippen LogP contribution < -0.4 is 0 Å². The van der Waals surface area contributed by atoms with Gasteiger partial charge in [0, 0.05) is 38.1 Å². The molecule has 0 bridgehead atoms. The normalized spacial score (nSPS) is 16.0. The molecular weight excluding hydrogens is 294 g/mol. The zero-order chi connectivity index (χ0) is 15.5. The summed E-state index contributed by atoms with van der Waals surface area (Å²) in [4.78, 5) is 16.8. The summed E-state index contributed by atoms with van der Waals surface area (Å²) in [5, 5.41) is 1.86. The molecule has 1 aliphatic rings. The lowest BCUT2D eigenvalue weighted by molar-refractivity contribution is 0.0628. The van der Waals surface area contributed by atoms with Crippen molar-refractivity contribution in [2.24, 2.45) is 0 Å². The number of nitrogens with zero attached hydrogens (tertiary/aromatic N) is 3. The monoisotopic (exact) mass is 315 g/mol. The first-order chi connectivity index (χ1) is 10.6. The van der Waals surface area contributed by atoms with Crippen LogP contribution >= 0.6 is 11.5 Å². The van der Waals surface area contributed by atoms with Gasteiger partial charge in [-0.05, 0) is 30.9 Å². The van der Waals surface area contributed by atoms with E-state index in [1.54, 1.807) is 0 Å². The summed E-state index contributed by atoms with van der Waals surface area (Å²) < 4.78 is 4.20. The minimum atomic E-state index is 0.126. The van der Waals surface area contributed by atoms with Crippen molar-refractivity contribution in [3.8, 4) is 0 Å². The third-order valence-electron chi connectivity index (χ3n) is 4.13. The van der Waals surface area contributed by atoms with Gasteiger partial charge in [0.2, 0.25) is 0 Å². The van der Waals surface area contributed by atoms with E-state index in [0.717, 1.165) is 44.0 Å². The van der Waals surface area contributed by atoms with Gasteiger partial charge in [-0.2, -0.15) is 4.37 Å². The van der Waals surface area contributed by atoms with Crippen LogP contribution in [0.2, 0.25) is 0 Å². The highest BCUT2D eigenvalue weighted by molar-refractivity contribution is 7.03. The number of hydrogen-bond acceptors (Lipinski definition) is 4. The Morgan fingerprint density at radius 3 is 2.64 bits per heavy atom. The fourth-order valence-corrected chi connectivity index (χ4v) is 3.53. The van der Waals surface area contributed by atoms with Crippen molar-refractivity contribution in [3.05, 3.63) is 52.0 Å². The number of piperazine rings is 1. The highest BCUT2D eigenvalue weighted by atomic mass is 32.1. The molecule has 0 atom stereocenters. The fraction of sp³-hybridized carbons (Fsp3) is 0.412. The molecule has 3 rings (SSSR count). The average molecular weight is 315 g/mol. The topological polar surface area (TPSA) is 36.4 Å². The number of rotatable bonds is 3. The lowest BCUT2D eigenvalue weighted by atomic mass is 10.1. The molecule has 1 saturated heterocycles. The second-order valence-corrected chi connectivity index (χ2v) is 6.50. The van der Waals surface area contributed by atoms with E-state index in [0.29, 0.717) is 0 Å². The Balaban J connectivity index is 1.56. The van der Waals surface area contributed by atoms with Crippen molar-refractivity contribution >= 4 is 17.4 Å². The van der Waals surface area contributed by atoms with Crippen LogP contribution in [0.3, 0.4) is 0 Å². The lowest BCUT2D eigenvalue weighted by Gasteiger charge is -2.34. The van der Waals surface area contributed by atoms with E-state index in [4.69, 9.17) is 0 Å². The quantitative estimate of drug-likeness (QED) is 0.874. The van der Waals surface area contributed by atoms with Crippen LogP contribution in [0.1, 0.15) is 27.2 Å². The van der Waals surface area contributed by atoms with E-state index in [1.807, 2.05) is 17.2 Å². The van der Waals surface area contributed by atoms with Gasteiger partial charge in [-0.15, -0.1) is 0 Å². The smallest absolute Gasteiger partial charge is 0.256 e. The molecule has 1 aromatic heterocycles. The number of aryl methyl sites for hydroxylation is 2. The Morgan fingerprint density at radius 1 is 1.23 bits per heavy atom. The highest BCUT2D eigenvalue weighted by Gasteiger charge is 2.23. The SMILES string of the molecule is Cc1cccc(CN2CCN(C(=O)c3csnc3C)CC2)c1. The van der Waals surface area contributed by atoms with Crippen molar-refractivity contribution in [3.63, 3.8) is 0 Å². The Hall–Kier alpha value is -1.72. The minimum absolute atomic E-state index is 0.126. The third-order valence-corrected chi connectivity index (χ3v) is 4.85. The van der Waals surface area contributed by atoms with Crippen LogP contribution in [0.25, 0.3) is 0 Å². The Morgan fingerprint density at radius 2 is 2.00 bits per heavy atom. The molecular formula is C17H21N3OS. The molecule has 0 unspecified atom stereocenters. The predicted molar refractivity (Wildman–Crippen MR) is 89.2 cm³/mol. The summed E-state index contributed by atoms with van der Waals surface area (Å²) in [6.07, 6.45) is 0. The average Bonchev–Trinajstić information content (AvgIpc) is 2.93. The van der Waals surface area contributed by atoms with Gasteiger partial charge < -0.3 is 4.90 Å². The molecule has 4 nitrogen and oxygen atoms in total. The first kappa shape index (κ1) is 15.2. The molecule has 1 aromatic carbocycles. The molecule has 2 heterocycles. The van der Waals surface area contributed by atoms with Crippen LogP contribution in [0.15, 0.2) is 29.6 Å². The van der Waals surface area contributed by atoms with Crippen molar-refractivity contribution in [2.45, 2.75) is 20.4 Å². The van der Waals surface area contributed by atoms with E-state index in [9.17, 15) is 4.79 Å². The molecule has 0 radical (unpaired) electrons. The van der Waals surface area contributed by atoms with E-state index in [-0.39, 0.29) is 5.91 Å². The number of hydrogen-bond donors (Lipinski definition) is 0. The maximum Gasteiger partial charge on any atom is 0.256 e. The van der Waals surface area contributed by atoms with Gasteiger partial charge in [-0.25, -0.2) is 0 Å². The van der Waals surface area contributed by atoms with Gasteiger partial charge in [0.15, 0.2) is 0 Å². The largest absolute Gasteiger partial charge is 0.336 e. The van der Waals surface area contributed by atoms with Crippen LogP contribution in [0.4, 0.5) is 0 Å². The van der Waals surface area contributed by atoms with E-state index in [2.05, 4.69) is 40.5 Å². The molecule has 0 spiro atoms. The first-order valence-electron chi connectivity index (χ1n) is 7.61. The Kier molecular flexibility index (Phi) is 4.55. The van der Waals surface area contributed by atoms with Gasteiger partial charge in [-0.3, -0.25) is 9.69 Å². The number of amides is 1. The zero-order valence-electron chi connectivity index (χ0n) is 13.1. The zero-order valence-corrected chi connectivity index (χ0v) is 13.9. The minimum Gasteiger partial charge on any atom is -0.336 e. The van der Waals surface area contributed by atoms with E-state index in [1.165, 1.54) is 22.7 Å². The van der Waals surface area contributed by atoms with Crippen molar-refractivity contribution in [2.75, 3.05) is 26.2 Å². The number of benzene rings is 1. The Labute approximate surface area is 135 Å². The van der Waals surface area contributed by atoms with Crippen LogP contribution in [0.5, 0.6) is 0 Å². The Bertz CT molecular complexity index is 659. The molecule has 116 valence electrons. The number of aromatic nitrogens is 1. The van der Waals surface area contributed by atoms with Crippen molar-refractivity contribution in [1.82, 2.24) is 14.2 Å². The summed E-state index contributed by atoms with van der Waals surface area (Å²) in [6.45, 7) is 8.42. The molecule has 0 saturated carbocycles. The van der Waals surface area contributed by atoms with Gasteiger partial charge in [0.1, 0.15) is 0 Å². The molecule has 1 fully saturated rings. The fourth-order valence-electron chi connectivity index (χ4n) is 2.85. The van der Waals surface area contributed by atoms with E-state index < -0.39 is 0 Å². The molecule has 2 aromatic rings. The standard InChI is InChI=1S/C17H21N3OS/c1-13-4-3-5-15(10-13)11-19-6-8-20(9-7-19)17(21)16-12-22-18-14(16)2/h3-5,10,12H,6-9,11H2,1-2H3. The van der Waals surface area contributed by atoms with Gasteiger partial charge in [0.25, 0.3) is 5.91 Å². The molecule has 22 heavy (non-hydrogen) atoms. The lowest BCUT2D eigenvalue weighted by Crippen LogP contribution is -2.48. The third kappa shape index (κ3) is 3.36. The summed E-state index contributed by atoms with van der Waals surface area (Å²) >= 11 is 1.35.